The second-order valence-electron chi connectivity index (χ2n) is 11.1. The number of alkyl halides is 3. The summed E-state index contributed by atoms with van der Waals surface area (Å²) in [6.07, 6.45) is -1.77. The van der Waals surface area contributed by atoms with Crippen LogP contribution in [0.3, 0.4) is 0 Å². The van der Waals surface area contributed by atoms with E-state index < -0.39 is 29.2 Å². The van der Waals surface area contributed by atoms with Crippen LogP contribution in [0.5, 0.6) is 0 Å². The second kappa shape index (κ2) is 14.6. The number of fused-ring (bicyclic) bond motifs is 1. The number of aliphatic hydroxyl groups excluding tert-OH is 1. The van der Waals surface area contributed by atoms with Gasteiger partial charge in [0.25, 0.3) is 5.91 Å². The van der Waals surface area contributed by atoms with E-state index in [1.807, 2.05) is 4.57 Å². The van der Waals surface area contributed by atoms with Crippen LogP contribution in [0, 0.1) is 0 Å². The van der Waals surface area contributed by atoms with Gasteiger partial charge in [-0.05, 0) is 37.6 Å². The van der Waals surface area contributed by atoms with Crippen LogP contribution in [0.15, 0.2) is 46.8 Å². The van der Waals surface area contributed by atoms with E-state index >= 15 is 0 Å². The van der Waals surface area contributed by atoms with Crippen molar-refractivity contribution in [1.29, 1.82) is 0 Å². The molecule has 250 valence electrons. The number of nitrogens with zero attached hydrogens (tertiary/aromatic N) is 4. The van der Waals surface area contributed by atoms with Gasteiger partial charge in [0, 0.05) is 73.1 Å². The number of morpholine rings is 1. The van der Waals surface area contributed by atoms with E-state index in [0.29, 0.717) is 42.9 Å². The van der Waals surface area contributed by atoms with Crippen LogP contribution in [0.25, 0.3) is 32.6 Å². The number of hydrogen-bond acceptors (Lipinski definition) is 9. The molecule has 47 heavy (non-hydrogen) atoms. The van der Waals surface area contributed by atoms with Crippen molar-refractivity contribution in [2.24, 2.45) is 0 Å². The van der Waals surface area contributed by atoms with Crippen LogP contribution in [0.4, 0.5) is 23.8 Å². The van der Waals surface area contributed by atoms with E-state index in [-0.39, 0.29) is 46.5 Å². The fraction of sp³-hybridized carbons (Fsp3) is 0.387. The Morgan fingerprint density at radius 3 is 2.57 bits per heavy atom. The van der Waals surface area contributed by atoms with Crippen LogP contribution in [0.1, 0.15) is 29.9 Å². The molecule has 0 bridgehead atoms. The Hall–Kier alpha value is -4.38. The number of thiazole rings is 1. The number of ether oxygens (including phenoxy) is 1. The second-order valence-corrected chi connectivity index (χ2v) is 12.0. The lowest BCUT2D eigenvalue weighted by atomic mass is 9.99. The maximum absolute atomic E-state index is 13.7. The number of nitrogens with one attached hydrogen (secondary N) is 3. The summed E-state index contributed by atoms with van der Waals surface area (Å²) in [7, 11) is 0. The molecule has 16 heteroatoms. The number of aliphatic hydroxyl groups is 1. The smallest absolute Gasteiger partial charge is 0.395 e. The predicted molar refractivity (Wildman–Crippen MR) is 172 cm³/mol. The molecule has 3 aromatic heterocycles. The number of carbonyl (C=O) groups is 2. The molecule has 12 nitrogen and oxygen atoms in total. The SMILES string of the molecule is CC(C)NC(=O)Nc1cc(-c2nc(C(F)(F)F)cs2)c(-c2ccc3c(c2)c(=O)c(C(=O)NCCO)cn3CCN2CCOCC2)cn1. The number of urea groups is 1. The standard InChI is InChI=1S/C31H34F3N7O5S/c1-18(2)37-30(45)39-26-14-20(29-38-25(17-47-29)31(32,33)34)22(15-36-26)19-3-4-24-21(13-19)27(43)23(28(44)35-5-10-42)16-41(24)7-6-40-8-11-46-12-9-40/h3-4,13-18,42H,5-12H2,1-2H3,(H,35,44)(H2,36,37,39,45). The lowest BCUT2D eigenvalue weighted by Crippen LogP contribution is -2.38. The number of aromatic nitrogens is 3. The van der Waals surface area contributed by atoms with E-state index in [0.717, 1.165) is 29.8 Å². The van der Waals surface area contributed by atoms with Crippen molar-refractivity contribution in [3.63, 3.8) is 0 Å². The third kappa shape index (κ3) is 8.13. The molecule has 1 aliphatic heterocycles. The van der Waals surface area contributed by atoms with Gasteiger partial charge in [0.15, 0.2) is 5.69 Å². The quantitative estimate of drug-likeness (QED) is 0.199. The minimum Gasteiger partial charge on any atom is -0.395 e. The highest BCUT2D eigenvalue weighted by molar-refractivity contribution is 7.13. The molecule has 1 aliphatic rings. The molecule has 5 rings (SSSR count). The first-order valence-electron chi connectivity index (χ1n) is 14.9. The van der Waals surface area contributed by atoms with Gasteiger partial charge in [-0.2, -0.15) is 13.2 Å². The summed E-state index contributed by atoms with van der Waals surface area (Å²) in [6.45, 7) is 7.02. The van der Waals surface area contributed by atoms with Gasteiger partial charge in [-0.3, -0.25) is 19.8 Å². The molecule has 4 heterocycles. The van der Waals surface area contributed by atoms with E-state index in [1.54, 1.807) is 32.0 Å². The highest BCUT2D eigenvalue weighted by atomic mass is 32.1. The number of hydrogen-bond donors (Lipinski definition) is 4. The fourth-order valence-corrected chi connectivity index (χ4v) is 5.98. The van der Waals surface area contributed by atoms with Crippen molar-refractivity contribution in [2.45, 2.75) is 32.6 Å². The Morgan fingerprint density at radius 2 is 1.89 bits per heavy atom. The molecule has 0 unspecified atom stereocenters. The van der Waals surface area contributed by atoms with E-state index in [4.69, 9.17) is 4.74 Å². The van der Waals surface area contributed by atoms with E-state index in [2.05, 4.69) is 30.8 Å². The van der Waals surface area contributed by atoms with Crippen LogP contribution >= 0.6 is 11.3 Å². The fourth-order valence-electron chi connectivity index (χ4n) is 5.12. The lowest BCUT2D eigenvalue weighted by Gasteiger charge is -2.27. The summed E-state index contributed by atoms with van der Waals surface area (Å²) in [5.74, 6) is -0.559. The molecule has 0 spiro atoms. The molecule has 1 aromatic carbocycles. The zero-order valence-corrected chi connectivity index (χ0v) is 26.5. The summed E-state index contributed by atoms with van der Waals surface area (Å²) in [6, 6.07) is 5.72. The average molecular weight is 674 g/mol. The van der Waals surface area contributed by atoms with Crippen molar-refractivity contribution in [3.8, 4) is 21.7 Å². The van der Waals surface area contributed by atoms with Gasteiger partial charge >= 0.3 is 12.2 Å². The minimum atomic E-state index is -4.66. The molecular formula is C31H34F3N7O5S. The predicted octanol–water partition coefficient (Wildman–Crippen LogP) is 3.79. The number of benzene rings is 1. The summed E-state index contributed by atoms with van der Waals surface area (Å²) in [5, 5.41) is 18.1. The van der Waals surface area contributed by atoms with E-state index in [9.17, 15) is 32.7 Å². The van der Waals surface area contributed by atoms with Gasteiger partial charge in [-0.25, -0.2) is 14.8 Å². The Labute approximate surface area is 271 Å². The first-order chi connectivity index (χ1) is 22.4. The Balaban J connectivity index is 1.62. The number of carbonyl (C=O) groups excluding carboxylic acids is 2. The summed E-state index contributed by atoms with van der Waals surface area (Å²) < 4.78 is 47.8. The van der Waals surface area contributed by atoms with Gasteiger partial charge in [0.05, 0.1) is 25.3 Å². The molecule has 1 saturated heterocycles. The monoisotopic (exact) mass is 673 g/mol. The number of pyridine rings is 2. The van der Waals surface area contributed by atoms with Crippen molar-refractivity contribution in [1.82, 2.24) is 30.1 Å². The van der Waals surface area contributed by atoms with Crippen molar-refractivity contribution in [2.75, 3.05) is 51.3 Å². The maximum Gasteiger partial charge on any atom is 0.434 e. The number of rotatable bonds is 10. The zero-order chi connectivity index (χ0) is 33.7. The Kier molecular flexibility index (Phi) is 10.5. The van der Waals surface area contributed by atoms with Crippen LogP contribution in [-0.2, 0) is 17.5 Å². The molecule has 0 aliphatic carbocycles. The van der Waals surface area contributed by atoms with Crippen LogP contribution in [-0.4, -0.2) is 88.5 Å². The van der Waals surface area contributed by atoms with Gasteiger partial charge in [0.1, 0.15) is 16.4 Å². The lowest BCUT2D eigenvalue weighted by molar-refractivity contribution is -0.140. The molecular weight excluding hydrogens is 639 g/mol. The van der Waals surface area contributed by atoms with Crippen molar-refractivity contribution in [3.05, 3.63) is 63.5 Å². The van der Waals surface area contributed by atoms with Gasteiger partial charge < -0.3 is 25.0 Å². The molecule has 4 N–H and O–H groups in total. The molecule has 4 aromatic rings. The van der Waals surface area contributed by atoms with Crippen LogP contribution < -0.4 is 21.4 Å². The average Bonchev–Trinajstić information content (AvgIpc) is 3.55. The van der Waals surface area contributed by atoms with Gasteiger partial charge in [-0.1, -0.05) is 6.07 Å². The first kappa shape index (κ1) is 34.0. The highest BCUT2D eigenvalue weighted by Gasteiger charge is 2.34. The Bertz CT molecular complexity index is 1820. The topological polar surface area (TPSA) is 151 Å². The van der Waals surface area contributed by atoms with Gasteiger partial charge in [0.2, 0.25) is 5.43 Å². The summed E-state index contributed by atoms with van der Waals surface area (Å²) >= 11 is 0.780. The number of anilines is 1. The van der Waals surface area contributed by atoms with Crippen molar-refractivity contribution < 1.29 is 32.6 Å². The number of amides is 3. The summed E-state index contributed by atoms with van der Waals surface area (Å²) in [4.78, 5) is 49.4. The molecule has 0 saturated carbocycles. The molecule has 0 atom stereocenters. The normalized spacial score (nSPS) is 14.0. The highest BCUT2D eigenvalue weighted by Crippen LogP contribution is 2.39. The first-order valence-corrected chi connectivity index (χ1v) is 15.8. The van der Waals surface area contributed by atoms with Gasteiger partial charge in [-0.15, -0.1) is 11.3 Å². The number of halogens is 3. The summed E-state index contributed by atoms with van der Waals surface area (Å²) in [5.41, 5.74) is -0.124. The maximum atomic E-state index is 13.7. The Morgan fingerprint density at radius 1 is 1.13 bits per heavy atom. The minimum absolute atomic E-state index is 0.0298. The van der Waals surface area contributed by atoms with Crippen molar-refractivity contribution >= 4 is 40.0 Å². The molecule has 1 fully saturated rings. The molecule has 3 amide bonds. The third-order valence-electron chi connectivity index (χ3n) is 7.38. The van der Waals surface area contributed by atoms with Crippen LogP contribution in [0.2, 0.25) is 0 Å². The molecule has 0 radical (unpaired) electrons. The largest absolute Gasteiger partial charge is 0.434 e. The zero-order valence-electron chi connectivity index (χ0n) is 25.7. The third-order valence-corrected chi connectivity index (χ3v) is 8.26. The van der Waals surface area contributed by atoms with E-state index in [1.165, 1.54) is 18.5 Å².